The number of rotatable bonds is 2. The summed E-state index contributed by atoms with van der Waals surface area (Å²) in [6, 6.07) is 0. The highest BCUT2D eigenvalue weighted by molar-refractivity contribution is 7.89. The number of sulfonamides is 1. The van der Waals surface area contributed by atoms with Crippen LogP contribution in [0.3, 0.4) is 0 Å². The maximum atomic E-state index is 11.9. The average Bonchev–Trinajstić information content (AvgIpc) is 2.00. The van der Waals surface area contributed by atoms with Gasteiger partial charge in [-0.3, -0.25) is 0 Å². The van der Waals surface area contributed by atoms with Gasteiger partial charge in [0.15, 0.2) is 0 Å². The van der Waals surface area contributed by atoms with Crippen LogP contribution in [-0.4, -0.2) is 57.0 Å². The van der Waals surface area contributed by atoms with Gasteiger partial charge in [-0.2, -0.15) is 4.31 Å². The van der Waals surface area contributed by atoms with E-state index in [2.05, 4.69) is 0 Å². The third-order valence-corrected chi connectivity index (χ3v) is 4.76. The van der Waals surface area contributed by atoms with Gasteiger partial charge in [-0.1, -0.05) is 0 Å². The molecule has 0 aromatic rings. The number of morpholine rings is 1. The van der Waals surface area contributed by atoms with Crippen molar-refractivity contribution in [1.29, 1.82) is 0 Å². The molecule has 2 aliphatic rings. The van der Waals surface area contributed by atoms with Gasteiger partial charge in [0.05, 0.1) is 25.9 Å². The first kappa shape index (κ1) is 10.4. The fourth-order valence-corrected chi connectivity index (χ4v) is 3.32. The van der Waals surface area contributed by atoms with Crippen LogP contribution in [0.2, 0.25) is 0 Å². The highest BCUT2D eigenvalue weighted by Crippen LogP contribution is 2.19. The van der Waals surface area contributed by atoms with Crippen molar-refractivity contribution in [2.24, 2.45) is 0 Å². The maximum Gasteiger partial charge on any atom is 0.221 e. The molecule has 0 N–H and O–H groups in total. The van der Waals surface area contributed by atoms with Gasteiger partial charge in [0.2, 0.25) is 10.0 Å². The van der Waals surface area contributed by atoms with Crippen LogP contribution in [-0.2, 0) is 19.5 Å². The zero-order valence-corrected chi connectivity index (χ0v) is 9.00. The van der Waals surface area contributed by atoms with E-state index in [-0.39, 0.29) is 11.4 Å². The molecule has 6 heteroatoms. The summed E-state index contributed by atoms with van der Waals surface area (Å²) in [6.45, 7) is 4.01. The summed E-state index contributed by atoms with van der Waals surface area (Å²) < 4.78 is 35.5. The Morgan fingerprint density at radius 3 is 2.57 bits per heavy atom. The summed E-state index contributed by atoms with van der Waals surface area (Å²) in [4.78, 5) is 0. The Hall–Kier alpha value is -0.170. The zero-order valence-electron chi connectivity index (χ0n) is 8.18. The Morgan fingerprint density at radius 1 is 1.36 bits per heavy atom. The standard InChI is InChI=1S/C8H15NO4S/c1-7-4-9(2-3-13-7)14(10,11)8-5-12-6-8/h7-8H,2-6H2,1H3. The third-order valence-electron chi connectivity index (χ3n) is 2.59. The van der Waals surface area contributed by atoms with Crippen molar-refractivity contribution in [3.8, 4) is 0 Å². The number of nitrogens with zero attached hydrogens (tertiary/aromatic N) is 1. The largest absolute Gasteiger partial charge is 0.378 e. The smallest absolute Gasteiger partial charge is 0.221 e. The van der Waals surface area contributed by atoms with Crippen molar-refractivity contribution in [1.82, 2.24) is 4.31 Å². The lowest BCUT2D eigenvalue weighted by Gasteiger charge is -2.35. The SMILES string of the molecule is CC1CN(S(=O)(=O)C2COC2)CCO1. The minimum Gasteiger partial charge on any atom is -0.378 e. The van der Waals surface area contributed by atoms with E-state index in [0.29, 0.717) is 32.9 Å². The highest BCUT2D eigenvalue weighted by atomic mass is 32.2. The van der Waals surface area contributed by atoms with Crippen molar-refractivity contribution < 1.29 is 17.9 Å². The fourth-order valence-electron chi connectivity index (χ4n) is 1.61. The van der Waals surface area contributed by atoms with E-state index in [4.69, 9.17) is 9.47 Å². The van der Waals surface area contributed by atoms with Crippen LogP contribution in [0.5, 0.6) is 0 Å². The highest BCUT2D eigenvalue weighted by Gasteiger charge is 2.38. The molecule has 0 spiro atoms. The van der Waals surface area contributed by atoms with Crippen molar-refractivity contribution >= 4 is 10.0 Å². The summed E-state index contributed by atoms with van der Waals surface area (Å²) in [5.41, 5.74) is 0. The molecular formula is C8H15NO4S. The topological polar surface area (TPSA) is 55.8 Å². The van der Waals surface area contributed by atoms with E-state index in [9.17, 15) is 8.42 Å². The summed E-state index contributed by atoms with van der Waals surface area (Å²) >= 11 is 0. The van der Waals surface area contributed by atoms with Gasteiger partial charge >= 0.3 is 0 Å². The number of hydrogen-bond acceptors (Lipinski definition) is 4. The Kier molecular flexibility index (Phi) is 2.79. The molecule has 2 fully saturated rings. The fraction of sp³-hybridized carbons (Fsp3) is 1.00. The summed E-state index contributed by atoms with van der Waals surface area (Å²) in [7, 11) is -3.13. The average molecular weight is 221 g/mol. The Bertz CT molecular complexity index is 298. The van der Waals surface area contributed by atoms with Crippen LogP contribution in [0.25, 0.3) is 0 Å². The summed E-state index contributed by atoms with van der Waals surface area (Å²) in [6.07, 6.45) is -0.000445. The molecule has 1 atom stereocenters. The summed E-state index contributed by atoms with van der Waals surface area (Å²) in [5.74, 6) is 0. The quantitative estimate of drug-likeness (QED) is 0.627. The monoisotopic (exact) mass is 221 g/mol. The van der Waals surface area contributed by atoms with Gasteiger partial charge in [-0.15, -0.1) is 0 Å². The Morgan fingerprint density at radius 2 is 2.07 bits per heavy atom. The second-order valence-electron chi connectivity index (χ2n) is 3.74. The van der Waals surface area contributed by atoms with Crippen molar-refractivity contribution in [2.45, 2.75) is 18.3 Å². The zero-order chi connectivity index (χ0) is 10.2. The minimum absolute atomic E-state index is 0.000445. The predicted molar refractivity (Wildman–Crippen MR) is 50.5 cm³/mol. The number of ether oxygens (including phenoxy) is 2. The van der Waals surface area contributed by atoms with Gasteiger partial charge < -0.3 is 9.47 Å². The lowest BCUT2D eigenvalue weighted by Crippen LogP contribution is -2.53. The minimum atomic E-state index is -3.13. The molecule has 0 saturated carbocycles. The van der Waals surface area contributed by atoms with Crippen LogP contribution >= 0.6 is 0 Å². The van der Waals surface area contributed by atoms with Crippen molar-refractivity contribution in [3.63, 3.8) is 0 Å². The maximum absolute atomic E-state index is 11.9. The van der Waals surface area contributed by atoms with E-state index in [0.717, 1.165) is 0 Å². The summed E-state index contributed by atoms with van der Waals surface area (Å²) in [5, 5.41) is -0.326. The molecule has 2 heterocycles. The first-order valence-electron chi connectivity index (χ1n) is 4.79. The van der Waals surface area contributed by atoms with Crippen LogP contribution in [0.15, 0.2) is 0 Å². The molecule has 2 rings (SSSR count). The first-order valence-corrected chi connectivity index (χ1v) is 6.29. The molecule has 0 aromatic heterocycles. The Labute approximate surface area is 84.0 Å². The molecular weight excluding hydrogens is 206 g/mol. The van der Waals surface area contributed by atoms with Gasteiger partial charge in [-0.25, -0.2) is 8.42 Å². The van der Waals surface area contributed by atoms with Gasteiger partial charge in [-0.05, 0) is 6.92 Å². The van der Waals surface area contributed by atoms with Crippen LogP contribution in [0, 0.1) is 0 Å². The lowest BCUT2D eigenvalue weighted by molar-refractivity contribution is 0.00409. The normalized spacial score (nSPS) is 31.4. The van der Waals surface area contributed by atoms with Gasteiger partial charge in [0, 0.05) is 13.1 Å². The van der Waals surface area contributed by atoms with Gasteiger partial charge in [0.1, 0.15) is 5.25 Å². The lowest BCUT2D eigenvalue weighted by atomic mass is 10.3. The predicted octanol–water partition coefficient (Wildman–Crippen LogP) is -0.564. The molecule has 14 heavy (non-hydrogen) atoms. The van der Waals surface area contributed by atoms with E-state index in [1.54, 1.807) is 0 Å². The molecule has 0 radical (unpaired) electrons. The molecule has 1 unspecified atom stereocenters. The molecule has 2 saturated heterocycles. The van der Waals surface area contributed by atoms with Crippen molar-refractivity contribution in [3.05, 3.63) is 0 Å². The molecule has 5 nitrogen and oxygen atoms in total. The van der Waals surface area contributed by atoms with Crippen LogP contribution in [0.4, 0.5) is 0 Å². The number of hydrogen-bond donors (Lipinski definition) is 0. The third kappa shape index (κ3) is 1.79. The van der Waals surface area contributed by atoms with E-state index in [1.165, 1.54) is 4.31 Å². The van der Waals surface area contributed by atoms with E-state index >= 15 is 0 Å². The molecule has 0 bridgehead atoms. The molecule has 82 valence electrons. The Balaban J connectivity index is 2.05. The molecule has 0 amide bonds. The van der Waals surface area contributed by atoms with Crippen LogP contribution < -0.4 is 0 Å². The van der Waals surface area contributed by atoms with E-state index < -0.39 is 10.0 Å². The van der Waals surface area contributed by atoms with Gasteiger partial charge in [0.25, 0.3) is 0 Å². The molecule has 0 aromatic carbocycles. The molecule has 2 aliphatic heterocycles. The molecule has 0 aliphatic carbocycles. The second kappa shape index (κ2) is 3.77. The van der Waals surface area contributed by atoms with E-state index in [1.807, 2.05) is 6.92 Å². The first-order chi connectivity index (χ1) is 6.60. The van der Waals surface area contributed by atoms with Crippen molar-refractivity contribution in [2.75, 3.05) is 32.9 Å². The van der Waals surface area contributed by atoms with Crippen LogP contribution in [0.1, 0.15) is 6.92 Å². The second-order valence-corrected chi connectivity index (χ2v) is 5.96.